The Kier molecular flexibility index (Phi) is 2.73. The van der Waals surface area contributed by atoms with Crippen LogP contribution in [0.3, 0.4) is 0 Å². The van der Waals surface area contributed by atoms with Crippen molar-refractivity contribution in [3.05, 3.63) is 78.9 Å². The van der Waals surface area contributed by atoms with Gasteiger partial charge in [-0.3, -0.25) is 0 Å². The van der Waals surface area contributed by atoms with Crippen LogP contribution in [0.2, 0.25) is 0 Å². The van der Waals surface area contributed by atoms with E-state index in [-0.39, 0.29) is 0 Å². The smallest absolute Gasteiger partial charge is 0.124 e. The van der Waals surface area contributed by atoms with E-state index in [4.69, 9.17) is 4.98 Å². The standard InChI is InChI=1S/C21H13NS/c1-2-7-16(8-3-1)21-22-18-13-12-15-11-10-14-6-4-5-9-17(14)19(15)20(18)23-21/h1-13H. The molecule has 0 fully saturated rings. The fraction of sp³-hybridized carbons (Fsp3) is 0. The zero-order valence-corrected chi connectivity index (χ0v) is 13.2. The van der Waals surface area contributed by atoms with Crippen LogP contribution in [-0.2, 0) is 0 Å². The number of rotatable bonds is 1. The van der Waals surface area contributed by atoms with Gasteiger partial charge >= 0.3 is 0 Å². The maximum absolute atomic E-state index is 4.86. The fourth-order valence-electron chi connectivity index (χ4n) is 3.18. The van der Waals surface area contributed by atoms with Crippen LogP contribution >= 0.6 is 11.3 Å². The summed E-state index contributed by atoms with van der Waals surface area (Å²) in [5.74, 6) is 0. The molecule has 5 aromatic rings. The Labute approximate surface area is 137 Å². The van der Waals surface area contributed by atoms with Crippen LogP contribution in [0.1, 0.15) is 0 Å². The lowest BCUT2D eigenvalue weighted by Crippen LogP contribution is -1.78. The van der Waals surface area contributed by atoms with Crippen LogP contribution in [0.25, 0.3) is 42.3 Å². The van der Waals surface area contributed by atoms with Crippen molar-refractivity contribution in [2.75, 3.05) is 0 Å². The van der Waals surface area contributed by atoms with E-state index in [2.05, 4.69) is 72.8 Å². The molecule has 0 aliphatic carbocycles. The molecule has 0 atom stereocenters. The summed E-state index contributed by atoms with van der Waals surface area (Å²) in [6.07, 6.45) is 0. The molecule has 1 aromatic heterocycles. The van der Waals surface area contributed by atoms with Crippen molar-refractivity contribution >= 4 is 43.1 Å². The summed E-state index contributed by atoms with van der Waals surface area (Å²) < 4.78 is 1.28. The van der Waals surface area contributed by atoms with Gasteiger partial charge in [0.2, 0.25) is 0 Å². The average Bonchev–Trinajstić information content (AvgIpc) is 3.06. The van der Waals surface area contributed by atoms with Crippen molar-refractivity contribution < 1.29 is 0 Å². The first-order valence-corrected chi connectivity index (χ1v) is 8.48. The summed E-state index contributed by atoms with van der Waals surface area (Å²) in [6, 6.07) is 27.7. The molecule has 108 valence electrons. The molecule has 1 nitrogen and oxygen atoms in total. The van der Waals surface area contributed by atoms with Crippen LogP contribution in [0.4, 0.5) is 0 Å². The Morgan fingerprint density at radius 2 is 1.39 bits per heavy atom. The summed E-state index contributed by atoms with van der Waals surface area (Å²) in [5.41, 5.74) is 2.26. The largest absolute Gasteiger partial charge is 0.236 e. The molecule has 0 amide bonds. The minimum absolute atomic E-state index is 1.08. The quantitative estimate of drug-likeness (QED) is 0.332. The predicted octanol–water partition coefficient (Wildman–Crippen LogP) is 6.27. The van der Waals surface area contributed by atoms with E-state index in [0.717, 1.165) is 10.5 Å². The van der Waals surface area contributed by atoms with Crippen molar-refractivity contribution in [2.45, 2.75) is 0 Å². The Balaban J connectivity index is 1.92. The first kappa shape index (κ1) is 12.8. The zero-order chi connectivity index (χ0) is 15.2. The van der Waals surface area contributed by atoms with E-state index in [0.29, 0.717) is 0 Å². The zero-order valence-electron chi connectivity index (χ0n) is 12.4. The van der Waals surface area contributed by atoms with Crippen LogP contribution in [0.15, 0.2) is 78.9 Å². The van der Waals surface area contributed by atoms with Crippen molar-refractivity contribution in [1.82, 2.24) is 4.98 Å². The Bertz CT molecular complexity index is 1160. The van der Waals surface area contributed by atoms with Gasteiger partial charge in [0, 0.05) is 10.9 Å². The Morgan fingerprint density at radius 1 is 0.652 bits per heavy atom. The maximum Gasteiger partial charge on any atom is 0.124 e. The third-order valence-corrected chi connectivity index (χ3v) is 5.42. The van der Waals surface area contributed by atoms with Gasteiger partial charge in [-0.2, -0.15) is 0 Å². The number of thiazole rings is 1. The van der Waals surface area contributed by atoms with Crippen molar-refractivity contribution in [3.8, 4) is 10.6 Å². The summed E-state index contributed by atoms with van der Waals surface area (Å²) in [5, 5.41) is 6.27. The summed E-state index contributed by atoms with van der Waals surface area (Å²) in [6.45, 7) is 0. The minimum Gasteiger partial charge on any atom is -0.236 e. The lowest BCUT2D eigenvalue weighted by atomic mass is 10.0. The number of nitrogens with zero attached hydrogens (tertiary/aromatic N) is 1. The second-order valence-electron chi connectivity index (χ2n) is 5.68. The average molecular weight is 311 g/mol. The molecule has 0 aliphatic rings. The van der Waals surface area contributed by atoms with Gasteiger partial charge < -0.3 is 0 Å². The highest BCUT2D eigenvalue weighted by Crippen LogP contribution is 2.38. The number of benzene rings is 4. The van der Waals surface area contributed by atoms with Gasteiger partial charge in [-0.25, -0.2) is 4.98 Å². The van der Waals surface area contributed by atoms with Gasteiger partial charge in [-0.1, -0.05) is 72.8 Å². The molecule has 0 N–H and O–H groups in total. The monoisotopic (exact) mass is 311 g/mol. The summed E-state index contributed by atoms with van der Waals surface area (Å²) in [7, 11) is 0. The second-order valence-corrected chi connectivity index (χ2v) is 6.68. The van der Waals surface area contributed by atoms with E-state index >= 15 is 0 Å². The molecule has 0 bridgehead atoms. The van der Waals surface area contributed by atoms with Gasteiger partial charge in [0.25, 0.3) is 0 Å². The molecule has 0 saturated heterocycles. The first-order chi connectivity index (χ1) is 11.4. The normalized spacial score (nSPS) is 11.5. The molecule has 0 aliphatic heterocycles. The first-order valence-electron chi connectivity index (χ1n) is 7.66. The summed E-state index contributed by atoms with van der Waals surface area (Å²) in [4.78, 5) is 4.86. The molecule has 0 spiro atoms. The Hall–Kier alpha value is -2.71. The molecule has 23 heavy (non-hydrogen) atoms. The highest BCUT2D eigenvalue weighted by Gasteiger charge is 2.11. The van der Waals surface area contributed by atoms with E-state index in [1.807, 2.05) is 6.07 Å². The van der Waals surface area contributed by atoms with Crippen LogP contribution in [0, 0.1) is 0 Å². The lowest BCUT2D eigenvalue weighted by molar-refractivity contribution is 1.48. The maximum atomic E-state index is 4.86. The lowest BCUT2D eigenvalue weighted by Gasteiger charge is -2.04. The molecule has 0 radical (unpaired) electrons. The topological polar surface area (TPSA) is 12.9 Å². The van der Waals surface area contributed by atoms with Gasteiger partial charge in [0.05, 0.1) is 10.2 Å². The molecule has 2 heteroatoms. The number of hydrogen-bond acceptors (Lipinski definition) is 2. The molecule has 5 rings (SSSR count). The van der Waals surface area contributed by atoms with Gasteiger partial charge in [0.1, 0.15) is 5.01 Å². The number of hydrogen-bond donors (Lipinski definition) is 0. The van der Waals surface area contributed by atoms with Crippen molar-refractivity contribution in [1.29, 1.82) is 0 Å². The van der Waals surface area contributed by atoms with Crippen LogP contribution in [0.5, 0.6) is 0 Å². The minimum atomic E-state index is 1.08. The second kappa shape index (κ2) is 4.90. The number of aromatic nitrogens is 1. The van der Waals surface area contributed by atoms with Crippen LogP contribution in [-0.4, -0.2) is 4.98 Å². The number of fused-ring (bicyclic) bond motifs is 5. The fourth-order valence-corrected chi connectivity index (χ4v) is 4.32. The SMILES string of the molecule is c1ccc(-c2nc3ccc4ccc5ccccc5c4c3s2)cc1. The van der Waals surface area contributed by atoms with Crippen molar-refractivity contribution in [2.24, 2.45) is 0 Å². The predicted molar refractivity (Wildman–Crippen MR) is 100 cm³/mol. The highest BCUT2D eigenvalue weighted by atomic mass is 32.1. The van der Waals surface area contributed by atoms with Crippen molar-refractivity contribution in [3.63, 3.8) is 0 Å². The molecular formula is C21H13NS. The molecule has 0 saturated carbocycles. The van der Waals surface area contributed by atoms with Gasteiger partial charge in [-0.15, -0.1) is 11.3 Å². The van der Waals surface area contributed by atoms with E-state index in [9.17, 15) is 0 Å². The third kappa shape index (κ3) is 1.96. The molecular weight excluding hydrogens is 298 g/mol. The van der Waals surface area contributed by atoms with E-state index < -0.39 is 0 Å². The van der Waals surface area contributed by atoms with Gasteiger partial charge in [0.15, 0.2) is 0 Å². The molecule has 0 unspecified atom stereocenters. The highest BCUT2D eigenvalue weighted by molar-refractivity contribution is 7.22. The van der Waals surface area contributed by atoms with Gasteiger partial charge in [-0.05, 0) is 22.2 Å². The summed E-state index contributed by atoms with van der Waals surface area (Å²) >= 11 is 1.78. The molecule has 4 aromatic carbocycles. The third-order valence-electron chi connectivity index (χ3n) is 4.28. The van der Waals surface area contributed by atoms with Crippen LogP contribution < -0.4 is 0 Å². The molecule has 1 heterocycles. The Morgan fingerprint density at radius 3 is 2.30 bits per heavy atom. The van der Waals surface area contributed by atoms with E-state index in [1.165, 1.54) is 31.8 Å². The van der Waals surface area contributed by atoms with E-state index in [1.54, 1.807) is 11.3 Å².